The van der Waals surface area contributed by atoms with E-state index in [4.69, 9.17) is 4.74 Å². The van der Waals surface area contributed by atoms with Crippen molar-refractivity contribution >= 4 is 11.3 Å². The number of ether oxygens (including phenoxy) is 1. The molecule has 2 atom stereocenters. The van der Waals surface area contributed by atoms with Crippen LogP contribution in [0.2, 0.25) is 0 Å². The summed E-state index contributed by atoms with van der Waals surface area (Å²) < 4.78 is 5.49. The molecule has 0 bridgehead atoms. The van der Waals surface area contributed by atoms with E-state index in [-0.39, 0.29) is 0 Å². The zero-order valence-electron chi connectivity index (χ0n) is 9.45. The maximum Gasteiger partial charge on any atom is 0.0513 e. The van der Waals surface area contributed by atoms with Crippen LogP contribution in [0.5, 0.6) is 0 Å². The molecule has 0 saturated carbocycles. The average molecular weight is 225 g/mol. The molecule has 2 heterocycles. The molecule has 0 amide bonds. The fourth-order valence-corrected chi connectivity index (χ4v) is 3.14. The smallest absolute Gasteiger partial charge is 0.0513 e. The number of hydrogen-bond acceptors (Lipinski definition) is 3. The minimum Gasteiger partial charge on any atom is -0.381 e. The maximum absolute atomic E-state index is 5.49. The first kappa shape index (κ1) is 11.1. The molecule has 2 rings (SSSR count). The molecule has 0 spiro atoms. The van der Waals surface area contributed by atoms with Gasteiger partial charge in [0.2, 0.25) is 0 Å². The second-order valence-electron chi connectivity index (χ2n) is 4.17. The van der Waals surface area contributed by atoms with Gasteiger partial charge in [-0.1, -0.05) is 6.92 Å². The number of nitrogens with one attached hydrogen (secondary N) is 1. The molecular formula is C12H19NOS. The minimum atomic E-state index is 0.490. The Morgan fingerprint density at radius 2 is 2.47 bits per heavy atom. The van der Waals surface area contributed by atoms with Gasteiger partial charge in [0.1, 0.15) is 0 Å². The van der Waals surface area contributed by atoms with Crippen molar-refractivity contribution < 1.29 is 4.74 Å². The van der Waals surface area contributed by atoms with Crippen LogP contribution in [0.1, 0.15) is 30.5 Å². The first-order chi connectivity index (χ1) is 7.33. The lowest BCUT2D eigenvalue weighted by Crippen LogP contribution is -2.28. The molecule has 1 aromatic rings. The summed E-state index contributed by atoms with van der Waals surface area (Å²) in [5, 5.41) is 8.10. The Hall–Kier alpha value is -0.380. The van der Waals surface area contributed by atoms with Crippen molar-refractivity contribution in [2.45, 2.75) is 26.3 Å². The zero-order chi connectivity index (χ0) is 10.7. The highest BCUT2D eigenvalue weighted by Gasteiger charge is 2.27. The topological polar surface area (TPSA) is 21.3 Å². The Bertz CT molecular complexity index is 304. The van der Waals surface area contributed by atoms with Crippen LogP contribution in [0.3, 0.4) is 0 Å². The molecule has 3 heteroatoms. The van der Waals surface area contributed by atoms with Gasteiger partial charge < -0.3 is 10.1 Å². The van der Waals surface area contributed by atoms with Crippen molar-refractivity contribution in [3.8, 4) is 0 Å². The van der Waals surface area contributed by atoms with E-state index < -0.39 is 0 Å². The molecule has 0 radical (unpaired) electrons. The molecule has 2 unspecified atom stereocenters. The van der Waals surface area contributed by atoms with Gasteiger partial charge in [0.15, 0.2) is 0 Å². The van der Waals surface area contributed by atoms with Gasteiger partial charge in [-0.2, -0.15) is 11.3 Å². The molecule has 84 valence electrons. The van der Waals surface area contributed by atoms with Crippen LogP contribution in [-0.2, 0) is 4.74 Å². The molecule has 1 saturated heterocycles. The van der Waals surface area contributed by atoms with Crippen molar-refractivity contribution in [2.24, 2.45) is 5.92 Å². The molecule has 1 N–H and O–H groups in total. The average Bonchev–Trinajstić information content (AvgIpc) is 2.85. The van der Waals surface area contributed by atoms with Crippen molar-refractivity contribution in [2.75, 3.05) is 19.8 Å². The molecule has 1 fully saturated rings. The fraction of sp³-hybridized carbons (Fsp3) is 0.667. The van der Waals surface area contributed by atoms with Crippen LogP contribution in [0.25, 0.3) is 0 Å². The summed E-state index contributed by atoms with van der Waals surface area (Å²) in [7, 11) is 0. The lowest BCUT2D eigenvalue weighted by Gasteiger charge is -2.23. The molecule has 1 aromatic heterocycles. The number of aryl methyl sites for hydroxylation is 1. The normalized spacial score (nSPS) is 23.2. The van der Waals surface area contributed by atoms with Gasteiger partial charge in [-0.15, -0.1) is 0 Å². The third-order valence-electron chi connectivity index (χ3n) is 3.09. The van der Waals surface area contributed by atoms with Crippen molar-refractivity contribution in [1.29, 1.82) is 0 Å². The summed E-state index contributed by atoms with van der Waals surface area (Å²) in [5.41, 5.74) is 2.88. The van der Waals surface area contributed by atoms with Crippen LogP contribution in [0.4, 0.5) is 0 Å². The quantitative estimate of drug-likeness (QED) is 0.850. The molecule has 0 aromatic carbocycles. The predicted octanol–water partition coefficient (Wildman–Crippen LogP) is 2.74. The molecule has 1 aliphatic heterocycles. The molecule has 0 aliphatic carbocycles. The lowest BCUT2D eigenvalue weighted by molar-refractivity contribution is 0.177. The zero-order valence-corrected chi connectivity index (χ0v) is 10.3. The number of hydrogen-bond donors (Lipinski definition) is 1. The Morgan fingerprint density at radius 1 is 1.60 bits per heavy atom. The summed E-state index contributed by atoms with van der Waals surface area (Å²) in [4.78, 5) is 0. The second-order valence-corrected chi connectivity index (χ2v) is 4.91. The summed E-state index contributed by atoms with van der Waals surface area (Å²) in [6.07, 6.45) is 1.19. The lowest BCUT2D eigenvalue weighted by atomic mass is 9.92. The van der Waals surface area contributed by atoms with E-state index in [0.29, 0.717) is 12.0 Å². The van der Waals surface area contributed by atoms with Gasteiger partial charge in [-0.05, 0) is 41.8 Å². The van der Waals surface area contributed by atoms with E-state index in [2.05, 4.69) is 29.9 Å². The van der Waals surface area contributed by atoms with E-state index in [9.17, 15) is 0 Å². The summed E-state index contributed by atoms with van der Waals surface area (Å²) in [6, 6.07) is 0.490. The molecule has 1 aliphatic rings. The highest BCUT2D eigenvalue weighted by molar-refractivity contribution is 7.08. The Kier molecular flexibility index (Phi) is 3.78. The van der Waals surface area contributed by atoms with Gasteiger partial charge in [-0.25, -0.2) is 0 Å². The fourth-order valence-electron chi connectivity index (χ4n) is 2.26. The maximum atomic E-state index is 5.49. The molecule has 2 nitrogen and oxygen atoms in total. The van der Waals surface area contributed by atoms with Gasteiger partial charge in [-0.3, -0.25) is 0 Å². The van der Waals surface area contributed by atoms with Crippen molar-refractivity contribution in [3.63, 3.8) is 0 Å². The predicted molar refractivity (Wildman–Crippen MR) is 64.4 cm³/mol. The van der Waals surface area contributed by atoms with Gasteiger partial charge in [0.25, 0.3) is 0 Å². The highest BCUT2D eigenvalue weighted by atomic mass is 32.1. The van der Waals surface area contributed by atoms with E-state index in [1.807, 2.05) is 0 Å². The summed E-state index contributed by atoms with van der Waals surface area (Å²) in [5.74, 6) is 0.651. The van der Waals surface area contributed by atoms with Crippen LogP contribution >= 0.6 is 11.3 Å². The van der Waals surface area contributed by atoms with Gasteiger partial charge >= 0.3 is 0 Å². The first-order valence-corrected chi connectivity index (χ1v) is 6.61. The van der Waals surface area contributed by atoms with Gasteiger partial charge in [0, 0.05) is 18.6 Å². The van der Waals surface area contributed by atoms with E-state index in [0.717, 1.165) is 19.8 Å². The molecular weight excluding hydrogens is 206 g/mol. The third kappa shape index (κ3) is 2.41. The van der Waals surface area contributed by atoms with Crippen molar-refractivity contribution in [3.05, 3.63) is 21.9 Å². The van der Waals surface area contributed by atoms with Gasteiger partial charge in [0.05, 0.1) is 6.61 Å². The largest absolute Gasteiger partial charge is 0.381 e. The Balaban J connectivity index is 2.15. The van der Waals surface area contributed by atoms with Crippen LogP contribution < -0.4 is 5.32 Å². The van der Waals surface area contributed by atoms with E-state index in [1.54, 1.807) is 11.3 Å². The standard InChI is InChI=1S/C12H19NOS/c1-3-13-12(10-4-5-14-6-10)11-8-15-7-9(11)2/h7-8,10,12-13H,3-6H2,1-2H3. The van der Waals surface area contributed by atoms with E-state index >= 15 is 0 Å². The number of rotatable bonds is 4. The number of thiophene rings is 1. The second kappa shape index (κ2) is 5.10. The monoisotopic (exact) mass is 225 g/mol. The molecule has 15 heavy (non-hydrogen) atoms. The van der Waals surface area contributed by atoms with Crippen molar-refractivity contribution in [1.82, 2.24) is 5.32 Å². The SMILES string of the molecule is CCNC(c1cscc1C)C1CCOC1. The first-order valence-electron chi connectivity index (χ1n) is 5.66. The third-order valence-corrected chi connectivity index (χ3v) is 3.97. The van der Waals surface area contributed by atoms with Crippen LogP contribution in [0.15, 0.2) is 10.8 Å². The Morgan fingerprint density at radius 3 is 3.00 bits per heavy atom. The minimum absolute atomic E-state index is 0.490. The van der Waals surface area contributed by atoms with Crippen LogP contribution in [0, 0.1) is 12.8 Å². The summed E-state index contributed by atoms with van der Waals surface area (Å²) in [6.45, 7) is 7.23. The van der Waals surface area contributed by atoms with Crippen LogP contribution in [-0.4, -0.2) is 19.8 Å². The Labute approximate surface area is 95.6 Å². The summed E-state index contributed by atoms with van der Waals surface area (Å²) >= 11 is 1.80. The van der Waals surface area contributed by atoms with E-state index in [1.165, 1.54) is 17.5 Å². The highest BCUT2D eigenvalue weighted by Crippen LogP contribution is 2.32.